The first-order chi connectivity index (χ1) is 14.2. The van der Waals surface area contributed by atoms with Crippen molar-refractivity contribution in [1.82, 2.24) is 10.2 Å². The summed E-state index contributed by atoms with van der Waals surface area (Å²) in [4.78, 5) is 0. The van der Waals surface area contributed by atoms with Crippen LogP contribution in [0.25, 0.3) is 11.3 Å². The normalized spacial score (nSPS) is 30.4. The highest BCUT2D eigenvalue weighted by Gasteiger charge is 2.39. The Bertz CT molecular complexity index is 959. The van der Waals surface area contributed by atoms with Crippen LogP contribution in [-0.2, 0) is 11.2 Å². The SMILES string of the molecule is Oc1cc(C2CC2)ccc1-c1nnc(N[C@@H]2CCC[C@H]2O)c2c1CC1CCC2O1. The number of nitrogens with one attached hydrogen (secondary N) is 1. The Labute approximate surface area is 170 Å². The Hall–Kier alpha value is -2.18. The molecule has 4 aliphatic rings. The van der Waals surface area contributed by atoms with Crippen molar-refractivity contribution in [1.29, 1.82) is 0 Å². The molecule has 2 aliphatic heterocycles. The molecule has 2 aliphatic carbocycles. The standard InChI is InChI=1S/C23H27N3O3/c27-18-3-1-2-17(18)24-23-21-16(11-14-7-9-20(21)29-14)22(25-26-23)15-8-6-13(10-19(15)28)12-4-5-12/h6,8,10,12,14,17-18,20,27-28H,1-5,7,9,11H2,(H,24,26)/t14?,17-,18-,20?/m1/s1. The maximum absolute atomic E-state index is 10.8. The fraction of sp³-hybridized carbons (Fsp3) is 0.565. The van der Waals surface area contributed by atoms with Gasteiger partial charge in [-0.2, -0.15) is 0 Å². The van der Waals surface area contributed by atoms with Crippen LogP contribution < -0.4 is 5.32 Å². The Morgan fingerprint density at radius 1 is 1.03 bits per heavy atom. The minimum atomic E-state index is -0.341. The third kappa shape index (κ3) is 3.01. The number of nitrogens with zero attached hydrogens (tertiary/aromatic N) is 2. The summed E-state index contributed by atoms with van der Waals surface area (Å²) in [5, 5.41) is 33.6. The number of hydrogen-bond donors (Lipinski definition) is 3. The summed E-state index contributed by atoms with van der Waals surface area (Å²) in [5.41, 5.74) is 4.96. The lowest BCUT2D eigenvalue weighted by molar-refractivity contribution is 0.0325. The number of aliphatic hydroxyl groups is 1. The number of phenolic OH excluding ortho intramolecular Hbond substituents is 1. The second-order valence-electron chi connectivity index (χ2n) is 9.12. The van der Waals surface area contributed by atoms with Crippen LogP contribution in [0.15, 0.2) is 18.2 Å². The molecule has 1 aromatic carbocycles. The van der Waals surface area contributed by atoms with E-state index >= 15 is 0 Å². The molecule has 1 saturated heterocycles. The Morgan fingerprint density at radius 3 is 2.69 bits per heavy atom. The number of hydrogen-bond acceptors (Lipinski definition) is 6. The van der Waals surface area contributed by atoms with E-state index in [1.807, 2.05) is 12.1 Å². The first-order valence-electron chi connectivity index (χ1n) is 11.0. The summed E-state index contributed by atoms with van der Waals surface area (Å²) in [5.74, 6) is 1.63. The number of benzene rings is 1. The van der Waals surface area contributed by atoms with Crippen LogP contribution in [0.3, 0.4) is 0 Å². The number of phenols is 1. The van der Waals surface area contributed by atoms with Gasteiger partial charge in [0.1, 0.15) is 11.4 Å². The molecule has 6 rings (SSSR count). The summed E-state index contributed by atoms with van der Waals surface area (Å²) < 4.78 is 6.20. The van der Waals surface area contributed by atoms with E-state index in [9.17, 15) is 10.2 Å². The summed E-state index contributed by atoms with van der Waals surface area (Å²) in [6.07, 6.45) is 7.93. The molecule has 6 nitrogen and oxygen atoms in total. The first kappa shape index (κ1) is 17.7. The first-order valence-corrected chi connectivity index (χ1v) is 11.0. The number of rotatable bonds is 4. The van der Waals surface area contributed by atoms with Crippen LogP contribution in [0.2, 0.25) is 0 Å². The van der Waals surface area contributed by atoms with Gasteiger partial charge in [-0.25, -0.2) is 0 Å². The van der Waals surface area contributed by atoms with E-state index in [0.717, 1.165) is 66.7 Å². The average Bonchev–Trinajstić information content (AvgIpc) is 3.40. The van der Waals surface area contributed by atoms with Crippen molar-refractivity contribution in [3.8, 4) is 17.0 Å². The summed E-state index contributed by atoms with van der Waals surface area (Å²) in [7, 11) is 0. The maximum Gasteiger partial charge on any atom is 0.155 e. The van der Waals surface area contributed by atoms with Gasteiger partial charge in [0, 0.05) is 17.5 Å². The third-order valence-corrected chi connectivity index (χ3v) is 7.10. The number of fused-ring (bicyclic) bond motifs is 4. The topological polar surface area (TPSA) is 87.5 Å². The van der Waals surface area contributed by atoms with Crippen LogP contribution >= 0.6 is 0 Å². The number of aromatic hydroxyl groups is 1. The molecule has 2 saturated carbocycles. The molecule has 4 atom stereocenters. The number of ether oxygens (including phenoxy) is 1. The van der Waals surface area contributed by atoms with Crippen molar-refractivity contribution >= 4 is 5.82 Å². The van der Waals surface area contributed by atoms with Gasteiger partial charge >= 0.3 is 0 Å². The fourth-order valence-corrected chi connectivity index (χ4v) is 5.36. The molecular weight excluding hydrogens is 366 g/mol. The summed E-state index contributed by atoms with van der Waals surface area (Å²) in [6, 6.07) is 6.04. The molecule has 2 aromatic rings. The Kier molecular flexibility index (Phi) is 4.06. The largest absolute Gasteiger partial charge is 0.507 e. The quantitative estimate of drug-likeness (QED) is 0.732. The molecule has 3 fully saturated rings. The van der Waals surface area contributed by atoms with Gasteiger partial charge in [-0.1, -0.05) is 6.07 Å². The minimum Gasteiger partial charge on any atom is -0.507 e. The molecule has 6 heteroatoms. The zero-order valence-electron chi connectivity index (χ0n) is 16.5. The van der Waals surface area contributed by atoms with Gasteiger partial charge in [-0.05, 0) is 74.1 Å². The molecule has 3 heterocycles. The van der Waals surface area contributed by atoms with Gasteiger partial charge in [0.15, 0.2) is 5.82 Å². The lowest BCUT2D eigenvalue weighted by atomic mass is 9.93. The zero-order valence-corrected chi connectivity index (χ0v) is 16.5. The highest BCUT2D eigenvalue weighted by molar-refractivity contribution is 5.73. The Morgan fingerprint density at radius 2 is 1.93 bits per heavy atom. The molecule has 2 unspecified atom stereocenters. The smallest absolute Gasteiger partial charge is 0.155 e. The Balaban J connectivity index is 1.43. The van der Waals surface area contributed by atoms with Crippen molar-refractivity contribution < 1.29 is 14.9 Å². The van der Waals surface area contributed by atoms with E-state index in [-0.39, 0.29) is 30.1 Å². The second-order valence-corrected chi connectivity index (χ2v) is 9.12. The number of aliphatic hydroxyl groups excluding tert-OH is 1. The van der Waals surface area contributed by atoms with Crippen LogP contribution in [-0.4, -0.2) is 38.7 Å². The van der Waals surface area contributed by atoms with E-state index in [4.69, 9.17) is 4.74 Å². The molecule has 152 valence electrons. The van der Waals surface area contributed by atoms with Crippen LogP contribution in [0.5, 0.6) is 5.75 Å². The van der Waals surface area contributed by atoms with Gasteiger partial charge in [-0.3, -0.25) is 0 Å². The molecule has 1 aromatic heterocycles. The molecule has 0 radical (unpaired) electrons. The lowest BCUT2D eigenvalue weighted by Gasteiger charge is -2.29. The molecule has 29 heavy (non-hydrogen) atoms. The van der Waals surface area contributed by atoms with E-state index in [1.54, 1.807) is 0 Å². The van der Waals surface area contributed by atoms with Gasteiger partial charge in [0.05, 0.1) is 24.4 Å². The van der Waals surface area contributed by atoms with Crippen LogP contribution in [0.1, 0.15) is 73.7 Å². The maximum atomic E-state index is 10.8. The molecule has 0 spiro atoms. The molecule has 2 bridgehead atoms. The van der Waals surface area contributed by atoms with E-state index in [1.165, 1.54) is 18.4 Å². The molecular formula is C23H27N3O3. The lowest BCUT2D eigenvalue weighted by Crippen LogP contribution is -2.30. The predicted molar refractivity (Wildman–Crippen MR) is 109 cm³/mol. The molecule has 3 N–H and O–H groups in total. The van der Waals surface area contributed by atoms with Gasteiger partial charge < -0.3 is 20.3 Å². The third-order valence-electron chi connectivity index (χ3n) is 7.10. The number of aromatic nitrogens is 2. The fourth-order valence-electron chi connectivity index (χ4n) is 5.36. The average molecular weight is 393 g/mol. The van der Waals surface area contributed by atoms with Crippen molar-refractivity contribution in [2.75, 3.05) is 5.32 Å². The summed E-state index contributed by atoms with van der Waals surface area (Å²) >= 11 is 0. The minimum absolute atomic E-state index is 0.0182. The van der Waals surface area contributed by atoms with E-state index in [2.05, 4.69) is 21.6 Å². The van der Waals surface area contributed by atoms with Crippen molar-refractivity contribution in [3.63, 3.8) is 0 Å². The second kappa shape index (κ2) is 6.67. The van der Waals surface area contributed by atoms with Gasteiger partial charge in [-0.15, -0.1) is 10.2 Å². The van der Waals surface area contributed by atoms with Crippen molar-refractivity contribution in [3.05, 3.63) is 34.9 Å². The highest BCUT2D eigenvalue weighted by Crippen LogP contribution is 2.48. The van der Waals surface area contributed by atoms with Crippen LogP contribution in [0.4, 0.5) is 5.82 Å². The number of anilines is 1. The predicted octanol–water partition coefficient (Wildman–Crippen LogP) is 3.83. The zero-order chi connectivity index (χ0) is 19.5. The monoisotopic (exact) mass is 393 g/mol. The van der Waals surface area contributed by atoms with Crippen molar-refractivity contribution in [2.45, 2.75) is 81.6 Å². The van der Waals surface area contributed by atoms with E-state index in [0.29, 0.717) is 5.92 Å². The van der Waals surface area contributed by atoms with Crippen molar-refractivity contribution in [2.24, 2.45) is 0 Å². The summed E-state index contributed by atoms with van der Waals surface area (Å²) in [6.45, 7) is 0. The van der Waals surface area contributed by atoms with Gasteiger partial charge in [0.2, 0.25) is 0 Å². The highest BCUT2D eigenvalue weighted by atomic mass is 16.5. The van der Waals surface area contributed by atoms with Gasteiger partial charge in [0.25, 0.3) is 0 Å². The van der Waals surface area contributed by atoms with E-state index < -0.39 is 0 Å². The molecule has 0 amide bonds. The van der Waals surface area contributed by atoms with Crippen LogP contribution in [0, 0.1) is 0 Å².